The summed E-state index contributed by atoms with van der Waals surface area (Å²) in [6.07, 6.45) is 0.753. The number of ether oxygens (including phenoxy) is 2. The number of carbonyl (C=O) groups excluding carboxylic acids is 1. The van der Waals surface area contributed by atoms with Gasteiger partial charge in [-0.3, -0.25) is 9.52 Å². The molecule has 0 aromatic heterocycles. The third kappa shape index (κ3) is 7.27. The number of carbonyl (C=O) groups is 1. The van der Waals surface area contributed by atoms with E-state index in [9.17, 15) is 13.2 Å². The van der Waals surface area contributed by atoms with Gasteiger partial charge in [0.2, 0.25) is 5.91 Å². The molecule has 0 aliphatic heterocycles. The van der Waals surface area contributed by atoms with Gasteiger partial charge in [-0.2, -0.15) is 0 Å². The summed E-state index contributed by atoms with van der Waals surface area (Å²) in [5, 5.41) is 3.13. The molecule has 0 bridgehead atoms. The maximum absolute atomic E-state index is 12.7. The molecule has 3 aromatic carbocycles. The third-order valence-corrected chi connectivity index (χ3v) is 7.09. The maximum atomic E-state index is 12.7. The molecule has 0 unspecified atom stereocenters. The van der Waals surface area contributed by atoms with E-state index in [4.69, 9.17) is 32.7 Å². The van der Waals surface area contributed by atoms with Crippen molar-refractivity contribution in [1.29, 1.82) is 0 Å². The van der Waals surface area contributed by atoms with Crippen LogP contribution in [-0.2, 0) is 21.2 Å². The monoisotopic (exact) mass is 536 g/mol. The Morgan fingerprint density at radius 2 is 1.60 bits per heavy atom. The fraction of sp³-hybridized carbons (Fsp3) is 0.240. The molecule has 2 N–H and O–H groups in total. The van der Waals surface area contributed by atoms with Crippen molar-refractivity contribution in [2.45, 2.75) is 31.6 Å². The molecular weight excluding hydrogens is 511 g/mol. The van der Waals surface area contributed by atoms with Gasteiger partial charge < -0.3 is 14.8 Å². The van der Waals surface area contributed by atoms with Gasteiger partial charge in [0.15, 0.2) is 11.5 Å². The summed E-state index contributed by atoms with van der Waals surface area (Å²) in [6.45, 7) is 4.85. The molecule has 0 saturated carbocycles. The predicted octanol–water partition coefficient (Wildman–Crippen LogP) is 6.16. The van der Waals surface area contributed by atoms with Gasteiger partial charge in [-0.25, -0.2) is 8.42 Å². The summed E-state index contributed by atoms with van der Waals surface area (Å²) in [5.41, 5.74) is 1.61. The molecule has 0 fully saturated rings. The number of amides is 1. The van der Waals surface area contributed by atoms with Crippen LogP contribution in [0, 0.1) is 0 Å². The lowest BCUT2D eigenvalue weighted by molar-refractivity contribution is -0.116. The van der Waals surface area contributed by atoms with Crippen molar-refractivity contribution < 1.29 is 22.7 Å². The molecule has 0 aliphatic rings. The van der Waals surface area contributed by atoms with E-state index in [0.29, 0.717) is 36.8 Å². The Hall–Kier alpha value is -2.94. The number of sulfonamides is 1. The fourth-order valence-electron chi connectivity index (χ4n) is 3.24. The first-order valence-electron chi connectivity index (χ1n) is 11.0. The van der Waals surface area contributed by atoms with Gasteiger partial charge in [-0.05, 0) is 74.4 Å². The Morgan fingerprint density at radius 1 is 0.914 bits per heavy atom. The number of hydrogen-bond donors (Lipinski definition) is 2. The Morgan fingerprint density at radius 3 is 2.29 bits per heavy atom. The van der Waals surface area contributed by atoms with E-state index >= 15 is 0 Å². The zero-order valence-corrected chi connectivity index (χ0v) is 21.6. The summed E-state index contributed by atoms with van der Waals surface area (Å²) in [6, 6.07) is 16.1. The van der Waals surface area contributed by atoms with Crippen LogP contribution in [0.1, 0.15) is 25.8 Å². The minimum atomic E-state index is -3.89. The van der Waals surface area contributed by atoms with Gasteiger partial charge in [-0.1, -0.05) is 35.3 Å². The van der Waals surface area contributed by atoms with Crippen molar-refractivity contribution >= 4 is 50.5 Å². The minimum Gasteiger partial charge on any atom is -0.490 e. The first kappa shape index (κ1) is 26.7. The Bertz CT molecular complexity index is 1280. The van der Waals surface area contributed by atoms with E-state index in [0.717, 1.165) is 5.56 Å². The number of hydrogen-bond acceptors (Lipinski definition) is 5. The molecule has 0 saturated heterocycles. The molecule has 0 atom stereocenters. The molecular formula is C25H26Cl2N2O5S. The lowest BCUT2D eigenvalue weighted by Crippen LogP contribution is -2.14. The van der Waals surface area contributed by atoms with E-state index in [1.165, 1.54) is 30.3 Å². The second-order valence-electron chi connectivity index (χ2n) is 7.43. The summed E-state index contributed by atoms with van der Waals surface area (Å²) >= 11 is 12.0. The highest BCUT2D eigenvalue weighted by Gasteiger charge is 2.17. The SMILES string of the molecule is CCOc1ccc(CCC(=O)Nc2ccc(S(=O)(=O)Nc3cccc(Cl)c3Cl)cc2)cc1OCC. The van der Waals surface area contributed by atoms with E-state index in [1.54, 1.807) is 12.1 Å². The second-order valence-corrected chi connectivity index (χ2v) is 9.89. The Labute approximate surface area is 215 Å². The molecule has 3 aromatic rings. The number of anilines is 2. The van der Waals surface area contributed by atoms with Crippen molar-refractivity contribution in [1.82, 2.24) is 0 Å². The first-order valence-corrected chi connectivity index (χ1v) is 13.2. The van der Waals surface area contributed by atoms with Crippen LogP contribution in [0.3, 0.4) is 0 Å². The molecule has 0 radical (unpaired) electrons. The van der Waals surface area contributed by atoms with Gasteiger partial charge in [-0.15, -0.1) is 0 Å². The maximum Gasteiger partial charge on any atom is 0.261 e. The third-order valence-electron chi connectivity index (χ3n) is 4.89. The number of halogens is 2. The number of nitrogens with one attached hydrogen (secondary N) is 2. The summed E-state index contributed by atoms with van der Waals surface area (Å²) < 4.78 is 39.0. The van der Waals surface area contributed by atoms with Crippen molar-refractivity contribution in [3.05, 3.63) is 76.3 Å². The smallest absolute Gasteiger partial charge is 0.261 e. The fourth-order valence-corrected chi connectivity index (χ4v) is 4.71. The highest BCUT2D eigenvalue weighted by atomic mass is 35.5. The zero-order valence-electron chi connectivity index (χ0n) is 19.3. The van der Waals surface area contributed by atoms with Crippen molar-refractivity contribution in [2.24, 2.45) is 0 Å². The topological polar surface area (TPSA) is 93.7 Å². The van der Waals surface area contributed by atoms with Crippen molar-refractivity contribution in [2.75, 3.05) is 23.3 Å². The number of aryl methyl sites for hydroxylation is 1. The van der Waals surface area contributed by atoms with Gasteiger partial charge >= 0.3 is 0 Å². The van der Waals surface area contributed by atoms with Gasteiger partial charge in [0.1, 0.15) is 0 Å². The Balaban J connectivity index is 1.60. The Kier molecular flexibility index (Phi) is 9.26. The number of rotatable bonds is 11. The average Bonchev–Trinajstić information content (AvgIpc) is 2.83. The molecule has 1 amide bonds. The molecule has 0 spiro atoms. The van der Waals surface area contributed by atoms with E-state index in [2.05, 4.69) is 10.0 Å². The normalized spacial score (nSPS) is 11.1. The number of benzene rings is 3. The van der Waals surface area contributed by atoms with Crippen LogP contribution in [0.2, 0.25) is 10.0 Å². The second kappa shape index (κ2) is 12.2. The lowest BCUT2D eigenvalue weighted by atomic mass is 10.1. The molecule has 35 heavy (non-hydrogen) atoms. The van der Waals surface area contributed by atoms with Crippen LogP contribution in [0.15, 0.2) is 65.6 Å². The molecule has 10 heteroatoms. The van der Waals surface area contributed by atoms with Gasteiger partial charge in [0.05, 0.1) is 33.8 Å². The van der Waals surface area contributed by atoms with Crippen LogP contribution in [0.4, 0.5) is 11.4 Å². The lowest BCUT2D eigenvalue weighted by Gasteiger charge is -2.13. The zero-order chi connectivity index (χ0) is 25.4. The summed E-state index contributed by atoms with van der Waals surface area (Å²) in [7, 11) is -3.89. The molecule has 0 heterocycles. The van der Waals surface area contributed by atoms with Gasteiger partial charge in [0.25, 0.3) is 10.0 Å². The van der Waals surface area contributed by atoms with E-state index in [-0.39, 0.29) is 33.0 Å². The standard InChI is InChI=1S/C25H26Cl2N2O5S/c1-3-33-22-14-8-17(16-23(22)34-4-2)9-15-24(30)28-18-10-12-19(13-11-18)35(31,32)29-21-7-5-6-20(26)25(21)27/h5-8,10-14,16,29H,3-4,9,15H2,1-2H3,(H,28,30). The van der Waals surface area contributed by atoms with Crippen LogP contribution in [0.5, 0.6) is 11.5 Å². The van der Waals surface area contributed by atoms with Gasteiger partial charge in [0, 0.05) is 12.1 Å². The van der Waals surface area contributed by atoms with Crippen LogP contribution >= 0.6 is 23.2 Å². The highest BCUT2D eigenvalue weighted by Crippen LogP contribution is 2.31. The molecule has 186 valence electrons. The largest absolute Gasteiger partial charge is 0.490 e. The minimum absolute atomic E-state index is 0.0179. The van der Waals surface area contributed by atoms with Crippen molar-refractivity contribution in [3.8, 4) is 11.5 Å². The quantitative estimate of drug-likeness (QED) is 0.306. The summed E-state index contributed by atoms with van der Waals surface area (Å²) in [4.78, 5) is 12.5. The van der Waals surface area contributed by atoms with Crippen LogP contribution < -0.4 is 19.5 Å². The molecule has 0 aliphatic carbocycles. The van der Waals surface area contributed by atoms with E-state index in [1.807, 2.05) is 32.0 Å². The average molecular weight is 537 g/mol. The summed E-state index contributed by atoms with van der Waals surface area (Å²) in [5.74, 6) is 1.12. The highest BCUT2D eigenvalue weighted by molar-refractivity contribution is 7.92. The molecule has 3 rings (SSSR count). The van der Waals surface area contributed by atoms with Crippen molar-refractivity contribution in [3.63, 3.8) is 0 Å². The van der Waals surface area contributed by atoms with Crippen LogP contribution in [-0.4, -0.2) is 27.5 Å². The first-order chi connectivity index (χ1) is 16.7. The van der Waals surface area contributed by atoms with Crippen LogP contribution in [0.25, 0.3) is 0 Å². The van der Waals surface area contributed by atoms with E-state index < -0.39 is 10.0 Å². The molecule has 7 nitrogen and oxygen atoms in total. The predicted molar refractivity (Wildman–Crippen MR) is 139 cm³/mol.